The van der Waals surface area contributed by atoms with Crippen molar-refractivity contribution in [2.75, 3.05) is 6.61 Å². The molecule has 0 fully saturated rings. The van der Waals surface area contributed by atoms with Crippen LogP contribution in [-0.2, 0) is 16.1 Å². The maximum atomic E-state index is 11.4. The Balaban J connectivity index is 2.68. The number of rotatable bonds is 5. The van der Waals surface area contributed by atoms with Gasteiger partial charge in [-0.1, -0.05) is 13.8 Å². The van der Waals surface area contributed by atoms with E-state index in [2.05, 4.69) is 15.5 Å². The molecule has 1 rings (SSSR count). The Morgan fingerprint density at radius 2 is 2.19 bits per heavy atom. The Morgan fingerprint density at radius 3 is 2.75 bits per heavy atom. The minimum Gasteiger partial charge on any atom is -0.480 e. The Labute approximate surface area is 91.2 Å². The molecule has 0 saturated heterocycles. The summed E-state index contributed by atoms with van der Waals surface area (Å²) in [5, 5.41) is 18.6. The maximum absolute atomic E-state index is 11.4. The Hall–Kier alpha value is -1.99. The Bertz CT molecular complexity index is 387. The predicted octanol–water partition coefficient (Wildman–Crippen LogP) is -0.430. The molecule has 0 aliphatic rings. The largest absolute Gasteiger partial charge is 0.480 e. The molecule has 1 aromatic heterocycles. The number of nitrogens with zero attached hydrogens (tertiary/aromatic N) is 4. The number of carboxylic acid groups (broad SMARTS) is 1. The summed E-state index contributed by atoms with van der Waals surface area (Å²) < 4.78 is 5.75. The van der Waals surface area contributed by atoms with Crippen molar-refractivity contribution in [2.24, 2.45) is 5.92 Å². The van der Waals surface area contributed by atoms with Crippen LogP contribution in [0, 0.1) is 5.92 Å². The highest BCUT2D eigenvalue weighted by molar-refractivity contribution is 5.85. The normalized spacial score (nSPS) is 10.4. The van der Waals surface area contributed by atoms with Crippen molar-refractivity contribution in [1.29, 1.82) is 0 Å². The molecule has 0 spiro atoms. The lowest BCUT2D eigenvalue weighted by Crippen LogP contribution is -2.19. The van der Waals surface area contributed by atoms with Crippen LogP contribution in [0.25, 0.3) is 0 Å². The number of carbonyl (C=O) groups is 2. The van der Waals surface area contributed by atoms with Crippen molar-refractivity contribution in [1.82, 2.24) is 20.2 Å². The Kier molecular flexibility index (Phi) is 3.92. The van der Waals surface area contributed by atoms with Gasteiger partial charge in [-0.2, -0.15) is 0 Å². The number of esters is 1. The van der Waals surface area contributed by atoms with E-state index in [1.54, 1.807) is 0 Å². The van der Waals surface area contributed by atoms with E-state index in [0.29, 0.717) is 0 Å². The smallest absolute Gasteiger partial charge is 0.378 e. The van der Waals surface area contributed by atoms with Crippen LogP contribution in [0.3, 0.4) is 0 Å². The molecule has 8 heteroatoms. The highest BCUT2D eigenvalue weighted by atomic mass is 16.5. The third-order valence-electron chi connectivity index (χ3n) is 1.55. The van der Waals surface area contributed by atoms with Gasteiger partial charge in [-0.15, -0.1) is 5.10 Å². The van der Waals surface area contributed by atoms with E-state index in [1.807, 2.05) is 13.8 Å². The summed E-state index contributed by atoms with van der Waals surface area (Å²) in [7, 11) is 0. The molecule has 16 heavy (non-hydrogen) atoms. The summed E-state index contributed by atoms with van der Waals surface area (Å²) in [5.74, 6) is -1.87. The highest BCUT2D eigenvalue weighted by Crippen LogP contribution is 1.99. The highest BCUT2D eigenvalue weighted by Gasteiger charge is 2.18. The van der Waals surface area contributed by atoms with Gasteiger partial charge in [0.05, 0.1) is 6.61 Å². The third kappa shape index (κ3) is 3.30. The van der Waals surface area contributed by atoms with Gasteiger partial charge in [0.2, 0.25) is 0 Å². The average Bonchev–Trinajstić information content (AvgIpc) is 2.61. The molecule has 0 amide bonds. The van der Waals surface area contributed by atoms with Gasteiger partial charge in [0.1, 0.15) is 6.54 Å². The first kappa shape index (κ1) is 12.1. The van der Waals surface area contributed by atoms with Crippen LogP contribution >= 0.6 is 0 Å². The lowest BCUT2D eigenvalue weighted by atomic mass is 10.2. The number of aromatic nitrogens is 4. The van der Waals surface area contributed by atoms with Gasteiger partial charge in [0.25, 0.3) is 5.82 Å². The van der Waals surface area contributed by atoms with Crippen LogP contribution in [-0.4, -0.2) is 43.9 Å². The molecule has 0 radical (unpaired) electrons. The van der Waals surface area contributed by atoms with Crippen molar-refractivity contribution in [3.63, 3.8) is 0 Å². The summed E-state index contributed by atoms with van der Waals surface area (Å²) in [6.45, 7) is 3.53. The van der Waals surface area contributed by atoms with Gasteiger partial charge in [-0.05, 0) is 16.3 Å². The van der Waals surface area contributed by atoms with Gasteiger partial charge in [-0.25, -0.2) is 9.48 Å². The first-order chi connectivity index (χ1) is 7.50. The summed E-state index contributed by atoms with van der Waals surface area (Å²) >= 11 is 0. The number of ether oxygens (including phenoxy) is 1. The topological polar surface area (TPSA) is 107 Å². The number of aliphatic carboxylic acids is 1. The second-order valence-corrected chi connectivity index (χ2v) is 3.55. The molecule has 8 nitrogen and oxygen atoms in total. The molecule has 0 aliphatic heterocycles. The van der Waals surface area contributed by atoms with E-state index in [9.17, 15) is 9.59 Å². The first-order valence-corrected chi connectivity index (χ1v) is 4.65. The maximum Gasteiger partial charge on any atom is 0.378 e. The number of carbonyl (C=O) groups excluding carboxylic acids is 1. The zero-order valence-corrected chi connectivity index (χ0v) is 8.95. The van der Waals surface area contributed by atoms with Gasteiger partial charge >= 0.3 is 11.9 Å². The number of tetrazole rings is 1. The molecule has 1 aromatic rings. The van der Waals surface area contributed by atoms with E-state index < -0.39 is 18.5 Å². The summed E-state index contributed by atoms with van der Waals surface area (Å²) in [6.07, 6.45) is 0. The van der Waals surface area contributed by atoms with E-state index >= 15 is 0 Å². The number of hydrogen-bond donors (Lipinski definition) is 1. The van der Waals surface area contributed by atoms with Crippen molar-refractivity contribution in [2.45, 2.75) is 20.4 Å². The molecule has 0 bridgehead atoms. The van der Waals surface area contributed by atoms with Crippen LogP contribution < -0.4 is 0 Å². The number of hydrogen-bond acceptors (Lipinski definition) is 6. The van der Waals surface area contributed by atoms with Gasteiger partial charge in [-0.3, -0.25) is 4.79 Å². The van der Waals surface area contributed by atoms with Gasteiger partial charge in [0.15, 0.2) is 0 Å². The fourth-order valence-electron chi connectivity index (χ4n) is 0.892. The summed E-state index contributed by atoms with van der Waals surface area (Å²) in [5.41, 5.74) is 0. The molecule has 88 valence electrons. The second-order valence-electron chi connectivity index (χ2n) is 3.55. The van der Waals surface area contributed by atoms with Crippen molar-refractivity contribution in [3.8, 4) is 0 Å². The molecule has 0 saturated carbocycles. The zero-order valence-electron chi connectivity index (χ0n) is 8.95. The summed E-state index contributed by atoms with van der Waals surface area (Å²) in [4.78, 5) is 21.9. The lowest BCUT2D eigenvalue weighted by molar-refractivity contribution is -0.137. The Morgan fingerprint density at radius 1 is 1.50 bits per heavy atom. The molecule has 1 N–H and O–H groups in total. The second kappa shape index (κ2) is 5.19. The fraction of sp³-hybridized carbons (Fsp3) is 0.625. The van der Waals surface area contributed by atoms with Crippen LogP contribution in [0.5, 0.6) is 0 Å². The number of carboxylic acids is 1. The molecule has 0 unspecified atom stereocenters. The van der Waals surface area contributed by atoms with E-state index in [0.717, 1.165) is 4.68 Å². The van der Waals surface area contributed by atoms with Gasteiger partial charge < -0.3 is 9.84 Å². The van der Waals surface area contributed by atoms with E-state index in [4.69, 9.17) is 9.84 Å². The summed E-state index contributed by atoms with van der Waals surface area (Å²) in [6, 6.07) is 0. The van der Waals surface area contributed by atoms with E-state index in [-0.39, 0.29) is 18.3 Å². The lowest BCUT2D eigenvalue weighted by Gasteiger charge is -2.05. The quantitative estimate of drug-likeness (QED) is 0.681. The SMILES string of the molecule is CC(C)COC(=O)c1nnnn1CC(=O)O. The molecular weight excluding hydrogens is 216 g/mol. The van der Waals surface area contributed by atoms with Crippen LogP contribution in [0.1, 0.15) is 24.5 Å². The fourth-order valence-corrected chi connectivity index (χ4v) is 0.892. The standard InChI is InChI=1S/C8H12N4O4/c1-5(2)4-16-8(15)7-9-10-11-12(7)3-6(13)14/h5H,3-4H2,1-2H3,(H,13,14). The van der Waals surface area contributed by atoms with Crippen LogP contribution in [0.2, 0.25) is 0 Å². The van der Waals surface area contributed by atoms with Crippen molar-refractivity contribution < 1.29 is 19.4 Å². The van der Waals surface area contributed by atoms with E-state index in [1.165, 1.54) is 0 Å². The minimum atomic E-state index is -1.13. The molecule has 0 aromatic carbocycles. The monoisotopic (exact) mass is 228 g/mol. The molecule has 0 atom stereocenters. The minimum absolute atomic E-state index is 0.188. The van der Waals surface area contributed by atoms with Crippen molar-refractivity contribution in [3.05, 3.63) is 5.82 Å². The molecule has 1 heterocycles. The average molecular weight is 228 g/mol. The van der Waals surface area contributed by atoms with Crippen LogP contribution in [0.4, 0.5) is 0 Å². The third-order valence-corrected chi connectivity index (χ3v) is 1.55. The first-order valence-electron chi connectivity index (χ1n) is 4.65. The zero-order chi connectivity index (χ0) is 12.1. The molecular formula is C8H12N4O4. The van der Waals surface area contributed by atoms with Gasteiger partial charge in [0, 0.05) is 0 Å². The predicted molar refractivity (Wildman–Crippen MR) is 50.6 cm³/mol. The van der Waals surface area contributed by atoms with Crippen molar-refractivity contribution >= 4 is 11.9 Å². The molecule has 0 aliphatic carbocycles. The van der Waals surface area contributed by atoms with Crippen LogP contribution in [0.15, 0.2) is 0 Å².